The second kappa shape index (κ2) is 8.68. The number of carbonyl (C=O) groups excluding carboxylic acids is 1. The van der Waals surface area contributed by atoms with E-state index in [9.17, 15) is 4.79 Å². The monoisotopic (exact) mass is 484 g/mol. The average Bonchev–Trinajstić information content (AvgIpc) is 3.44. The van der Waals surface area contributed by atoms with E-state index in [1.807, 2.05) is 18.3 Å². The van der Waals surface area contributed by atoms with Gasteiger partial charge in [-0.25, -0.2) is 4.98 Å². The fourth-order valence-electron chi connectivity index (χ4n) is 7.39. The first-order chi connectivity index (χ1) is 17.6. The summed E-state index contributed by atoms with van der Waals surface area (Å²) in [6.45, 7) is 4.27. The Hall–Kier alpha value is -2.74. The number of nitrogens with one attached hydrogen (secondary N) is 3. The smallest absolute Gasteiger partial charge is 0.235 e. The molecule has 0 bridgehead atoms. The first-order valence-electron chi connectivity index (χ1n) is 13.6. The molecule has 2 saturated carbocycles. The highest BCUT2D eigenvalue weighted by molar-refractivity contribution is 6.08. The van der Waals surface area contributed by atoms with Crippen molar-refractivity contribution < 1.29 is 4.79 Å². The molecule has 1 amide bonds. The van der Waals surface area contributed by atoms with Gasteiger partial charge in [0.05, 0.1) is 5.41 Å². The number of amides is 1. The zero-order valence-electron chi connectivity index (χ0n) is 21.0. The molecule has 36 heavy (non-hydrogen) atoms. The van der Waals surface area contributed by atoms with Gasteiger partial charge in [0.2, 0.25) is 5.91 Å². The van der Waals surface area contributed by atoms with Gasteiger partial charge in [-0.3, -0.25) is 15.6 Å². The van der Waals surface area contributed by atoms with Gasteiger partial charge < -0.3 is 15.1 Å². The van der Waals surface area contributed by atoms with Gasteiger partial charge in [-0.05, 0) is 79.8 Å². The third-order valence-electron chi connectivity index (χ3n) is 9.58. The Morgan fingerprint density at radius 3 is 2.75 bits per heavy atom. The Morgan fingerprint density at radius 1 is 1.06 bits per heavy atom. The van der Waals surface area contributed by atoms with Crippen LogP contribution in [0.4, 0.5) is 11.5 Å². The van der Waals surface area contributed by atoms with Gasteiger partial charge in [0.1, 0.15) is 5.82 Å². The summed E-state index contributed by atoms with van der Waals surface area (Å²) < 4.78 is 0. The van der Waals surface area contributed by atoms with Gasteiger partial charge in [0.25, 0.3) is 0 Å². The molecule has 5 aliphatic rings. The average molecular weight is 485 g/mol. The highest BCUT2D eigenvalue weighted by Gasteiger charge is 2.67. The summed E-state index contributed by atoms with van der Waals surface area (Å²) in [4.78, 5) is 22.4. The van der Waals surface area contributed by atoms with Crippen LogP contribution in [0.3, 0.4) is 0 Å². The van der Waals surface area contributed by atoms with Crippen molar-refractivity contribution in [3.05, 3.63) is 59.8 Å². The fraction of sp³-hybridized carbons (Fsp3) is 0.517. The Bertz CT molecular complexity index is 1170. The highest BCUT2D eigenvalue weighted by atomic mass is 16.2. The lowest BCUT2D eigenvalue weighted by molar-refractivity contribution is -0.118. The maximum atomic E-state index is 12.9. The molecule has 1 aromatic carbocycles. The number of carbonyl (C=O) groups is 1. The molecule has 2 saturated heterocycles. The van der Waals surface area contributed by atoms with Crippen molar-refractivity contribution in [3.8, 4) is 0 Å². The maximum absolute atomic E-state index is 12.9. The minimum atomic E-state index is -0.261. The SMILES string of the molecule is CN1CCN(c2ccc(/C=C/C3NNC4CC([C@@H]5C[C@@]56C(=O)Nc5ccccc56)CCC34)cn2)CC1. The number of pyridine rings is 1. The number of hydrogen-bond donors (Lipinski definition) is 3. The zero-order chi connectivity index (χ0) is 24.3. The molecule has 3 N–H and O–H groups in total. The Kier molecular flexibility index (Phi) is 5.42. The summed E-state index contributed by atoms with van der Waals surface area (Å²) in [6, 6.07) is 13.4. The number of aromatic nitrogens is 1. The first kappa shape index (κ1) is 22.5. The van der Waals surface area contributed by atoms with Gasteiger partial charge in [-0.2, -0.15) is 0 Å². The molecule has 4 unspecified atom stereocenters. The van der Waals surface area contributed by atoms with Crippen LogP contribution < -0.4 is 21.1 Å². The molecule has 2 aliphatic carbocycles. The summed E-state index contributed by atoms with van der Waals surface area (Å²) >= 11 is 0. The van der Waals surface area contributed by atoms with Gasteiger partial charge in [-0.15, -0.1) is 0 Å². The number of fused-ring (bicyclic) bond motifs is 3. The van der Waals surface area contributed by atoms with E-state index in [4.69, 9.17) is 4.98 Å². The van der Waals surface area contributed by atoms with Crippen molar-refractivity contribution in [3.63, 3.8) is 0 Å². The molecule has 6 atom stereocenters. The lowest BCUT2D eigenvalue weighted by Crippen LogP contribution is -2.44. The van der Waals surface area contributed by atoms with Gasteiger partial charge >= 0.3 is 0 Å². The van der Waals surface area contributed by atoms with Crippen LogP contribution in [-0.2, 0) is 10.2 Å². The molecule has 7 heteroatoms. The van der Waals surface area contributed by atoms with E-state index in [0.29, 0.717) is 29.8 Å². The third kappa shape index (κ3) is 3.67. The van der Waals surface area contributed by atoms with E-state index >= 15 is 0 Å². The maximum Gasteiger partial charge on any atom is 0.235 e. The van der Waals surface area contributed by atoms with Gasteiger partial charge in [0, 0.05) is 50.1 Å². The molecule has 1 aromatic heterocycles. The molecule has 1 spiro atoms. The van der Waals surface area contributed by atoms with Crippen LogP contribution in [0.25, 0.3) is 6.08 Å². The summed E-state index contributed by atoms with van der Waals surface area (Å²) in [6.07, 6.45) is 11.1. The van der Waals surface area contributed by atoms with Crippen molar-refractivity contribution in [2.24, 2.45) is 17.8 Å². The van der Waals surface area contributed by atoms with E-state index in [2.05, 4.69) is 69.4 Å². The number of para-hydroxylation sites is 1. The molecule has 3 aliphatic heterocycles. The van der Waals surface area contributed by atoms with Crippen molar-refractivity contribution in [2.45, 2.75) is 43.2 Å². The standard InChI is InChI=1S/C29H36N6O/c1-34-12-14-35(15-13-34)27-11-7-19(18-30-27)6-10-24-21-9-8-20(16-26(21)33-32-24)23-17-29(23)22-4-2-3-5-25(22)31-28(29)36/h2-7,10-11,18,20-21,23-24,26,32-33H,8-9,12-17H2,1H3,(H,31,36)/b10-6+/t20?,21?,23-,24?,26?,29-/m0/s1. The Labute approximate surface area is 213 Å². The van der Waals surface area contributed by atoms with Crippen LogP contribution in [0.1, 0.15) is 36.8 Å². The van der Waals surface area contributed by atoms with Crippen LogP contribution in [-0.4, -0.2) is 61.1 Å². The van der Waals surface area contributed by atoms with Crippen LogP contribution >= 0.6 is 0 Å². The third-order valence-corrected chi connectivity index (χ3v) is 9.58. The summed E-state index contributed by atoms with van der Waals surface area (Å²) in [7, 11) is 2.18. The molecule has 4 fully saturated rings. The summed E-state index contributed by atoms with van der Waals surface area (Å²) in [5.74, 6) is 2.97. The number of piperazine rings is 1. The molecular formula is C29H36N6O. The van der Waals surface area contributed by atoms with Crippen molar-refractivity contribution >= 4 is 23.5 Å². The van der Waals surface area contributed by atoms with Crippen molar-refractivity contribution in [1.82, 2.24) is 20.7 Å². The Morgan fingerprint density at radius 2 is 1.92 bits per heavy atom. The number of hydrazine groups is 1. The number of likely N-dealkylation sites (N-methyl/N-ethyl adjacent to an activating group) is 1. The van der Waals surface area contributed by atoms with Crippen molar-refractivity contribution in [1.29, 1.82) is 0 Å². The van der Waals surface area contributed by atoms with Crippen LogP contribution in [0.2, 0.25) is 0 Å². The van der Waals surface area contributed by atoms with E-state index < -0.39 is 0 Å². The number of benzene rings is 1. The highest BCUT2D eigenvalue weighted by Crippen LogP contribution is 2.64. The molecule has 188 valence electrons. The number of rotatable bonds is 4. The number of anilines is 2. The second-order valence-corrected chi connectivity index (χ2v) is 11.5. The molecule has 2 aromatic rings. The van der Waals surface area contributed by atoms with Crippen LogP contribution in [0.15, 0.2) is 48.7 Å². The zero-order valence-corrected chi connectivity index (χ0v) is 21.0. The van der Waals surface area contributed by atoms with Crippen LogP contribution in [0.5, 0.6) is 0 Å². The summed E-state index contributed by atoms with van der Waals surface area (Å²) in [5.41, 5.74) is 10.3. The molecule has 0 radical (unpaired) electrons. The second-order valence-electron chi connectivity index (χ2n) is 11.5. The molecule has 7 rings (SSSR count). The van der Waals surface area contributed by atoms with Gasteiger partial charge in [-0.1, -0.05) is 30.4 Å². The normalized spacial score (nSPS) is 35.8. The molecule has 7 nitrogen and oxygen atoms in total. The minimum absolute atomic E-state index is 0.224. The predicted molar refractivity (Wildman–Crippen MR) is 143 cm³/mol. The van der Waals surface area contributed by atoms with Crippen LogP contribution in [0, 0.1) is 17.8 Å². The molecular weight excluding hydrogens is 448 g/mol. The Balaban J connectivity index is 0.971. The quantitative estimate of drug-likeness (QED) is 0.620. The largest absolute Gasteiger partial charge is 0.354 e. The fourth-order valence-corrected chi connectivity index (χ4v) is 7.39. The van der Waals surface area contributed by atoms with E-state index in [-0.39, 0.29) is 11.3 Å². The van der Waals surface area contributed by atoms with E-state index in [0.717, 1.165) is 56.1 Å². The topological polar surface area (TPSA) is 72.5 Å². The predicted octanol–water partition coefficient (Wildman–Crippen LogP) is 3.02. The van der Waals surface area contributed by atoms with Gasteiger partial charge in [0.15, 0.2) is 0 Å². The lowest BCUT2D eigenvalue weighted by atomic mass is 9.73. The molecule has 4 heterocycles. The lowest BCUT2D eigenvalue weighted by Gasteiger charge is -2.33. The number of nitrogens with zero attached hydrogens (tertiary/aromatic N) is 3. The number of hydrogen-bond acceptors (Lipinski definition) is 6. The minimum Gasteiger partial charge on any atom is -0.354 e. The first-order valence-corrected chi connectivity index (χ1v) is 13.6. The van der Waals surface area contributed by atoms with E-state index in [1.54, 1.807) is 0 Å². The van der Waals surface area contributed by atoms with E-state index in [1.165, 1.54) is 18.4 Å². The van der Waals surface area contributed by atoms with Crippen molar-refractivity contribution in [2.75, 3.05) is 43.4 Å². The summed E-state index contributed by atoms with van der Waals surface area (Å²) in [5, 5.41) is 3.14.